The summed E-state index contributed by atoms with van der Waals surface area (Å²) in [6.07, 6.45) is 5.07. The number of carbonyl (C=O) groups excluding carboxylic acids is 2. The lowest BCUT2D eigenvalue weighted by Crippen LogP contribution is -2.42. The van der Waals surface area contributed by atoms with Gasteiger partial charge in [-0.25, -0.2) is 0 Å². The molecular weight excluding hydrogens is 270 g/mol. The molecule has 21 heavy (non-hydrogen) atoms. The molecule has 3 N–H and O–H groups in total. The van der Waals surface area contributed by atoms with E-state index >= 15 is 0 Å². The van der Waals surface area contributed by atoms with Crippen LogP contribution in [0.1, 0.15) is 32.1 Å². The van der Waals surface area contributed by atoms with E-state index in [9.17, 15) is 9.59 Å². The number of nitrogens with two attached hydrogens (primary N) is 1. The minimum Gasteiger partial charge on any atom is -0.383 e. The molecule has 1 saturated carbocycles. The summed E-state index contributed by atoms with van der Waals surface area (Å²) in [6, 6.07) is 0. The third-order valence-electron chi connectivity index (χ3n) is 4.09. The lowest BCUT2D eigenvalue weighted by atomic mass is 9.79. The van der Waals surface area contributed by atoms with Crippen molar-refractivity contribution in [2.24, 2.45) is 17.6 Å². The normalized spacial score (nSPS) is 21.9. The summed E-state index contributed by atoms with van der Waals surface area (Å²) in [5.74, 6) is 0.546. The molecule has 0 bridgehead atoms. The predicted molar refractivity (Wildman–Crippen MR) is 81.6 cm³/mol. The van der Waals surface area contributed by atoms with Crippen LogP contribution in [0.4, 0.5) is 0 Å². The highest BCUT2D eigenvalue weighted by Crippen LogP contribution is 2.31. The molecule has 122 valence electrons. The number of nitrogens with zero attached hydrogens (tertiary/aromatic N) is 1. The standard InChI is InChI=1S/C15H29N3O3/c1-18(11-14(19)17-8-9-21-2)15(20)13-5-3-4-12(10-13)6-7-16/h12-13H,3-11,16H2,1-2H3,(H,17,19). The maximum Gasteiger partial charge on any atom is 0.239 e. The Hall–Kier alpha value is -1.14. The Morgan fingerprint density at radius 1 is 1.38 bits per heavy atom. The smallest absolute Gasteiger partial charge is 0.239 e. The Labute approximate surface area is 127 Å². The molecule has 1 fully saturated rings. The second-order valence-electron chi connectivity index (χ2n) is 5.84. The fourth-order valence-corrected chi connectivity index (χ4v) is 2.97. The fourth-order valence-electron chi connectivity index (χ4n) is 2.97. The van der Waals surface area contributed by atoms with Crippen molar-refractivity contribution in [1.29, 1.82) is 0 Å². The molecule has 2 amide bonds. The average Bonchev–Trinajstić information content (AvgIpc) is 2.47. The number of ether oxygens (including phenoxy) is 1. The zero-order valence-corrected chi connectivity index (χ0v) is 13.3. The van der Waals surface area contributed by atoms with Gasteiger partial charge in [-0.1, -0.05) is 12.8 Å². The van der Waals surface area contributed by atoms with Crippen molar-refractivity contribution >= 4 is 11.8 Å². The fraction of sp³-hybridized carbons (Fsp3) is 0.867. The van der Waals surface area contributed by atoms with Crippen molar-refractivity contribution in [3.8, 4) is 0 Å². The summed E-state index contributed by atoms with van der Waals surface area (Å²) in [6.45, 7) is 1.75. The molecule has 1 rings (SSSR count). The first kappa shape index (κ1) is 17.9. The van der Waals surface area contributed by atoms with Gasteiger partial charge in [0, 0.05) is 26.6 Å². The van der Waals surface area contributed by atoms with Crippen molar-refractivity contribution in [1.82, 2.24) is 10.2 Å². The van der Waals surface area contributed by atoms with Crippen LogP contribution in [-0.2, 0) is 14.3 Å². The van der Waals surface area contributed by atoms with Crippen molar-refractivity contribution < 1.29 is 14.3 Å². The zero-order chi connectivity index (χ0) is 15.7. The lowest BCUT2D eigenvalue weighted by Gasteiger charge is -2.30. The van der Waals surface area contributed by atoms with E-state index in [1.54, 1.807) is 14.2 Å². The van der Waals surface area contributed by atoms with Crippen LogP contribution >= 0.6 is 0 Å². The van der Waals surface area contributed by atoms with E-state index < -0.39 is 0 Å². The van der Waals surface area contributed by atoms with Crippen LogP contribution in [0.25, 0.3) is 0 Å². The molecule has 1 aliphatic carbocycles. The van der Waals surface area contributed by atoms with Gasteiger partial charge in [-0.3, -0.25) is 9.59 Å². The minimum absolute atomic E-state index is 0.0482. The summed E-state index contributed by atoms with van der Waals surface area (Å²) in [5.41, 5.74) is 5.61. The molecule has 0 aromatic carbocycles. The van der Waals surface area contributed by atoms with Crippen molar-refractivity contribution in [2.75, 3.05) is 40.4 Å². The van der Waals surface area contributed by atoms with Crippen LogP contribution in [0.2, 0.25) is 0 Å². The van der Waals surface area contributed by atoms with Crippen LogP contribution in [0.15, 0.2) is 0 Å². The average molecular weight is 299 g/mol. The number of nitrogens with one attached hydrogen (secondary N) is 1. The van der Waals surface area contributed by atoms with Gasteiger partial charge in [-0.2, -0.15) is 0 Å². The molecule has 0 aromatic rings. The van der Waals surface area contributed by atoms with Gasteiger partial charge in [0.05, 0.1) is 13.2 Å². The molecule has 6 nitrogen and oxygen atoms in total. The van der Waals surface area contributed by atoms with E-state index in [0.29, 0.717) is 25.6 Å². The Kier molecular flexibility index (Phi) is 8.30. The van der Waals surface area contributed by atoms with Gasteiger partial charge in [-0.15, -0.1) is 0 Å². The molecule has 1 aliphatic rings. The van der Waals surface area contributed by atoms with Gasteiger partial charge in [0.15, 0.2) is 0 Å². The molecule has 0 spiro atoms. The Morgan fingerprint density at radius 3 is 2.81 bits per heavy atom. The Morgan fingerprint density at radius 2 is 2.14 bits per heavy atom. The third kappa shape index (κ3) is 6.44. The second kappa shape index (κ2) is 9.73. The Bertz CT molecular complexity index is 334. The van der Waals surface area contributed by atoms with E-state index in [4.69, 9.17) is 10.5 Å². The number of hydrogen-bond donors (Lipinski definition) is 2. The van der Waals surface area contributed by atoms with Gasteiger partial charge in [-0.05, 0) is 31.7 Å². The highest BCUT2D eigenvalue weighted by atomic mass is 16.5. The summed E-state index contributed by atoms with van der Waals surface area (Å²) in [7, 11) is 3.29. The monoisotopic (exact) mass is 299 g/mol. The number of likely N-dealkylation sites (N-methyl/N-ethyl adjacent to an activating group) is 1. The van der Waals surface area contributed by atoms with E-state index in [2.05, 4.69) is 5.32 Å². The number of rotatable bonds is 8. The molecule has 0 aromatic heterocycles. The van der Waals surface area contributed by atoms with Gasteiger partial charge >= 0.3 is 0 Å². The highest BCUT2D eigenvalue weighted by molar-refractivity contribution is 5.85. The van der Waals surface area contributed by atoms with Crippen molar-refractivity contribution in [3.05, 3.63) is 0 Å². The summed E-state index contributed by atoms with van der Waals surface area (Å²) < 4.78 is 4.87. The predicted octanol–water partition coefficient (Wildman–Crippen LogP) is 0.363. The summed E-state index contributed by atoms with van der Waals surface area (Å²) in [4.78, 5) is 25.6. The number of amides is 2. The van der Waals surface area contributed by atoms with E-state index in [0.717, 1.165) is 25.7 Å². The number of hydrogen-bond acceptors (Lipinski definition) is 4. The first-order chi connectivity index (χ1) is 10.1. The van der Waals surface area contributed by atoms with Crippen molar-refractivity contribution in [3.63, 3.8) is 0 Å². The second-order valence-corrected chi connectivity index (χ2v) is 5.84. The first-order valence-electron chi connectivity index (χ1n) is 7.79. The SMILES string of the molecule is COCCNC(=O)CN(C)C(=O)C1CCCC(CCN)C1. The molecule has 6 heteroatoms. The van der Waals surface area contributed by atoms with Crippen LogP contribution < -0.4 is 11.1 Å². The zero-order valence-electron chi connectivity index (χ0n) is 13.3. The maximum absolute atomic E-state index is 12.4. The molecular formula is C15H29N3O3. The van der Waals surface area contributed by atoms with Gasteiger partial charge < -0.3 is 20.7 Å². The van der Waals surface area contributed by atoms with E-state index in [1.807, 2.05) is 0 Å². The molecule has 0 aliphatic heterocycles. The minimum atomic E-state index is -0.141. The van der Waals surface area contributed by atoms with Gasteiger partial charge in [0.1, 0.15) is 0 Å². The summed E-state index contributed by atoms with van der Waals surface area (Å²) >= 11 is 0. The van der Waals surface area contributed by atoms with Gasteiger partial charge in [0.2, 0.25) is 11.8 Å². The van der Waals surface area contributed by atoms with Crippen LogP contribution in [0.5, 0.6) is 0 Å². The molecule has 0 radical (unpaired) electrons. The van der Waals surface area contributed by atoms with E-state index in [-0.39, 0.29) is 24.3 Å². The van der Waals surface area contributed by atoms with Gasteiger partial charge in [0.25, 0.3) is 0 Å². The van der Waals surface area contributed by atoms with Crippen LogP contribution in [-0.4, -0.2) is 57.1 Å². The van der Waals surface area contributed by atoms with Crippen LogP contribution in [0.3, 0.4) is 0 Å². The highest BCUT2D eigenvalue weighted by Gasteiger charge is 2.29. The van der Waals surface area contributed by atoms with E-state index in [1.165, 1.54) is 11.3 Å². The van der Waals surface area contributed by atoms with Crippen molar-refractivity contribution in [2.45, 2.75) is 32.1 Å². The number of methoxy groups -OCH3 is 1. The maximum atomic E-state index is 12.4. The van der Waals surface area contributed by atoms with Crippen LogP contribution in [0, 0.1) is 11.8 Å². The molecule has 0 saturated heterocycles. The third-order valence-corrected chi connectivity index (χ3v) is 4.09. The Balaban J connectivity index is 2.37. The quantitative estimate of drug-likeness (QED) is 0.634. The topological polar surface area (TPSA) is 84.7 Å². The first-order valence-corrected chi connectivity index (χ1v) is 7.79. The lowest BCUT2D eigenvalue weighted by molar-refractivity contribution is -0.139. The number of carbonyl (C=O) groups is 2. The molecule has 2 atom stereocenters. The molecule has 0 heterocycles. The largest absolute Gasteiger partial charge is 0.383 e. The molecule has 2 unspecified atom stereocenters. The summed E-state index contributed by atoms with van der Waals surface area (Å²) in [5, 5.41) is 2.73.